The molecule has 168 valence electrons. The summed E-state index contributed by atoms with van der Waals surface area (Å²) in [5.41, 5.74) is 1.09. The number of nitrogens with zero attached hydrogens (tertiary/aromatic N) is 6. The molecule has 3 rings (SSSR count). The van der Waals surface area contributed by atoms with Crippen LogP contribution in [-0.2, 0) is 13.0 Å². The predicted molar refractivity (Wildman–Crippen MR) is 137 cm³/mol. The number of rotatable bonds is 9. The summed E-state index contributed by atoms with van der Waals surface area (Å²) in [6.45, 7) is 6.54. The highest BCUT2D eigenvalue weighted by Gasteiger charge is 2.23. The minimum Gasteiger partial charge on any atom is -0.357 e. The topological polar surface area (TPSA) is 71.2 Å². The first-order valence-electron chi connectivity index (χ1n) is 10.5. The lowest BCUT2D eigenvalue weighted by Crippen LogP contribution is -2.38. The van der Waals surface area contributed by atoms with E-state index in [1.54, 1.807) is 23.1 Å². The minimum absolute atomic E-state index is 0. The lowest BCUT2D eigenvalue weighted by Gasteiger charge is -2.21. The largest absolute Gasteiger partial charge is 0.357 e. The monoisotopic (exact) mass is 563 g/mol. The van der Waals surface area contributed by atoms with Gasteiger partial charge in [-0.2, -0.15) is 0 Å². The highest BCUT2D eigenvalue weighted by atomic mass is 127. The molecule has 2 aromatic heterocycles. The maximum absolute atomic E-state index is 4.83. The first-order chi connectivity index (χ1) is 14.1. The maximum Gasteiger partial charge on any atom is 0.194 e. The van der Waals surface area contributed by atoms with Crippen LogP contribution in [0.1, 0.15) is 61.6 Å². The van der Waals surface area contributed by atoms with Crippen molar-refractivity contribution in [2.45, 2.75) is 70.1 Å². The Morgan fingerprint density at radius 3 is 2.77 bits per heavy atom. The van der Waals surface area contributed by atoms with Crippen LogP contribution in [0, 0.1) is 6.92 Å². The third kappa shape index (κ3) is 6.81. The van der Waals surface area contributed by atoms with Crippen LogP contribution >= 0.6 is 47.1 Å². The molecule has 0 amide bonds. The molecule has 1 aliphatic rings. The van der Waals surface area contributed by atoms with Gasteiger partial charge >= 0.3 is 0 Å². The highest BCUT2D eigenvalue weighted by molar-refractivity contribution is 14.0. The molecular weight excluding hydrogens is 529 g/mol. The summed E-state index contributed by atoms with van der Waals surface area (Å²) >= 11 is 3.39. The molecule has 2 aromatic rings. The fraction of sp³-hybridized carbons (Fsp3) is 0.700. The molecule has 0 atom stereocenters. The molecule has 1 aliphatic carbocycles. The maximum atomic E-state index is 4.83. The molecule has 0 radical (unpaired) electrons. The van der Waals surface area contributed by atoms with Gasteiger partial charge in [-0.05, 0) is 39.4 Å². The zero-order chi connectivity index (χ0) is 20.6. The second-order valence-corrected chi connectivity index (χ2v) is 9.30. The summed E-state index contributed by atoms with van der Waals surface area (Å²) in [5.74, 6) is 2.05. The van der Waals surface area contributed by atoms with Gasteiger partial charge in [0.15, 0.2) is 11.1 Å². The van der Waals surface area contributed by atoms with Crippen LogP contribution in [0.5, 0.6) is 0 Å². The van der Waals surface area contributed by atoms with Crippen LogP contribution in [0.25, 0.3) is 0 Å². The van der Waals surface area contributed by atoms with E-state index < -0.39 is 0 Å². The number of aliphatic imine (C=N–C) groups is 1. The quantitative estimate of drug-likeness (QED) is 0.159. The molecule has 0 spiro atoms. The Morgan fingerprint density at radius 2 is 2.13 bits per heavy atom. The average Bonchev–Trinajstić information content (AvgIpc) is 3.44. The number of thiazole rings is 1. The van der Waals surface area contributed by atoms with E-state index in [0.717, 1.165) is 60.1 Å². The minimum atomic E-state index is 0. The number of aromatic nitrogens is 4. The van der Waals surface area contributed by atoms with E-state index >= 15 is 0 Å². The van der Waals surface area contributed by atoms with Gasteiger partial charge in [-0.3, -0.25) is 4.99 Å². The van der Waals surface area contributed by atoms with Crippen molar-refractivity contribution in [1.29, 1.82) is 0 Å². The van der Waals surface area contributed by atoms with Crippen LogP contribution < -0.4 is 5.32 Å². The van der Waals surface area contributed by atoms with E-state index in [-0.39, 0.29) is 24.0 Å². The molecule has 0 aromatic carbocycles. The Bertz CT molecular complexity index is 799. The zero-order valence-electron chi connectivity index (χ0n) is 18.4. The SMILES string of the molecule is CCNC(=NCCCc1nnc(SC)n1C1CCCC1)N(C)Cc1csc(C)n1.I. The molecule has 1 N–H and O–H groups in total. The van der Waals surface area contributed by atoms with Gasteiger partial charge in [0.05, 0.1) is 17.2 Å². The fourth-order valence-corrected chi connectivity index (χ4v) is 5.01. The summed E-state index contributed by atoms with van der Waals surface area (Å²) in [4.78, 5) is 11.5. The van der Waals surface area contributed by atoms with Crippen LogP contribution in [0.2, 0.25) is 0 Å². The van der Waals surface area contributed by atoms with Gasteiger partial charge in [0.25, 0.3) is 0 Å². The number of guanidine groups is 1. The van der Waals surface area contributed by atoms with E-state index in [1.165, 1.54) is 25.7 Å². The molecule has 2 heterocycles. The second-order valence-electron chi connectivity index (χ2n) is 7.46. The van der Waals surface area contributed by atoms with Gasteiger partial charge in [-0.1, -0.05) is 24.6 Å². The van der Waals surface area contributed by atoms with Crippen LogP contribution in [-0.4, -0.2) is 57.0 Å². The summed E-state index contributed by atoms with van der Waals surface area (Å²) in [6, 6.07) is 0.580. The number of halogens is 1. The molecule has 7 nitrogen and oxygen atoms in total. The molecule has 0 aliphatic heterocycles. The average molecular weight is 564 g/mol. The van der Waals surface area contributed by atoms with Gasteiger partial charge in [-0.15, -0.1) is 45.5 Å². The van der Waals surface area contributed by atoms with E-state index in [0.29, 0.717) is 6.04 Å². The molecule has 0 bridgehead atoms. The van der Waals surface area contributed by atoms with Crippen molar-refractivity contribution in [1.82, 2.24) is 30.0 Å². The van der Waals surface area contributed by atoms with Gasteiger partial charge in [0, 0.05) is 38.0 Å². The van der Waals surface area contributed by atoms with E-state index in [4.69, 9.17) is 4.99 Å². The van der Waals surface area contributed by atoms with Crippen LogP contribution in [0.4, 0.5) is 0 Å². The smallest absolute Gasteiger partial charge is 0.194 e. The number of hydrogen-bond acceptors (Lipinski definition) is 6. The van der Waals surface area contributed by atoms with Crippen molar-refractivity contribution in [3.05, 3.63) is 21.9 Å². The molecule has 0 saturated heterocycles. The zero-order valence-corrected chi connectivity index (χ0v) is 22.4. The van der Waals surface area contributed by atoms with Crippen molar-refractivity contribution in [2.75, 3.05) is 26.4 Å². The number of thioether (sulfide) groups is 1. The number of hydrogen-bond donors (Lipinski definition) is 1. The van der Waals surface area contributed by atoms with Crippen molar-refractivity contribution >= 4 is 53.0 Å². The Hall–Kier alpha value is -0.880. The molecular formula is C20H34IN7S2. The van der Waals surface area contributed by atoms with Crippen molar-refractivity contribution < 1.29 is 0 Å². The fourth-order valence-electron chi connectivity index (χ4n) is 3.84. The highest BCUT2D eigenvalue weighted by Crippen LogP contribution is 2.33. The Labute approximate surface area is 205 Å². The normalized spacial score (nSPS) is 14.7. The third-order valence-corrected chi connectivity index (χ3v) is 6.66. The predicted octanol–water partition coefficient (Wildman–Crippen LogP) is 4.53. The number of nitrogens with one attached hydrogen (secondary N) is 1. The third-order valence-electron chi connectivity index (χ3n) is 5.19. The van der Waals surface area contributed by atoms with Crippen molar-refractivity contribution in [2.24, 2.45) is 4.99 Å². The standard InChI is InChI=1S/C20H33N7S2.HI/c1-5-21-19(26(3)13-16-14-29-15(2)23-16)22-12-8-11-18-24-25-20(28-4)27(18)17-9-6-7-10-17;/h14,17H,5-13H2,1-4H3,(H,21,22);1H. The summed E-state index contributed by atoms with van der Waals surface area (Å²) in [6.07, 6.45) is 9.12. The van der Waals surface area contributed by atoms with Crippen LogP contribution in [0.15, 0.2) is 15.5 Å². The Morgan fingerprint density at radius 1 is 1.37 bits per heavy atom. The van der Waals surface area contributed by atoms with Crippen molar-refractivity contribution in [3.8, 4) is 0 Å². The molecule has 0 unspecified atom stereocenters. The van der Waals surface area contributed by atoms with Gasteiger partial charge in [-0.25, -0.2) is 4.98 Å². The molecule has 1 fully saturated rings. The first-order valence-corrected chi connectivity index (χ1v) is 12.6. The lowest BCUT2D eigenvalue weighted by atomic mass is 10.2. The summed E-state index contributed by atoms with van der Waals surface area (Å²) < 4.78 is 2.39. The second kappa shape index (κ2) is 12.8. The van der Waals surface area contributed by atoms with Gasteiger partial charge in [0.2, 0.25) is 0 Å². The molecule has 10 heteroatoms. The van der Waals surface area contributed by atoms with Crippen LogP contribution in [0.3, 0.4) is 0 Å². The first kappa shape index (κ1) is 25.4. The number of aryl methyl sites for hydroxylation is 2. The Balaban J connectivity index is 0.00000320. The van der Waals surface area contributed by atoms with Gasteiger partial charge in [0.1, 0.15) is 5.82 Å². The summed E-state index contributed by atoms with van der Waals surface area (Å²) in [5, 5.41) is 16.6. The lowest BCUT2D eigenvalue weighted by molar-refractivity contribution is 0.459. The van der Waals surface area contributed by atoms with E-state index in [9.17, 15) is 0 Å². The molecule has 30 heavy (non-hydrogen) atoms. The Kier molecular flexibility index (Phi) is 10.9. The molecule has 1 saturated carbocycles. The van der Waals surface area contributed by atoms with Gasteiger partial charge < -0.3 is 14.8 Å². The van der Waals surface area contributed by atoms with E-state index in [1.807, 2.05) is 6.92 Å². The van der Waals surface area contributed by atoms with E-state index in [2.05, 4.69) is 55.6 Å². The summed E-state index contributed by atoms with van der Waals surface area (Å²) in [7, 11) is 2.07. The van der Waals surface area contributed by atoms with Crippen molar-refractivity contribution in [3.63, 3.8) is 0 Å².